The van der Waals surface area contributed by atoms with E-state index in [2.05, 4.69) is 63.3 Å². The smallest absolute Gasteiger partial charge is 0.252 e. The summed E-state index contributed by atoms with van der Waals surface area (Å²) in [6.45, 7) is 0. The van der Waals surface area contributed by atoms with E-state index in [9.17, 15) is 4.79 Å². The van der Waals surface area contributed by atoms with E-state index in [1.54, 1.807) is 18.0 Å². The number of hydrogen-bond donors (Lipinski definition) is 2. The second-order valence-electron chi connectivity index (χ2n) is 9.23. The summed E-state index contributed by atoms with van der Waals surface area (Å²) in [4.78, 5) is 19.5. The molecule has 4 aromatic rings. The quantitative estimate of drug-likeness (QED) is 0.301. The summed E-state index contributed by atoms with van der Waals surface area (Å²) < 4.78 is 0. The summed E-state index contributed by atoms with van der Waals surface area (Å²) in [6, 6.07) is 30.6. The van der Waals surface area contributed by atoms with Gasteiger partial charge in [-0.05, 0) is 66.1 Å². The lowest BCUT2D eigenvalue weighted by molar-refractivity contribution is 0.0947. The van der Waals surface area contributed by atoms with Gasteiger partial charge in [-0.1, -0.05) is 66.4 Å². The predicted octanol–water partition coefficient (Wildman–Crippen LogP) is 6.56. The highest BCUT2D eigenvalue weighted by Crippen LogP contribution is 2.41. The molecule has 1 aromatic heterocycles. The van der Waals surface area contributed by atoms with Gasteiger partial charge in [0, 0.05) is 34.4 Å². The molecular formula is C31H26N4OS. The van der Waals surface area contributed by atoms with E-state index >= 15 is 0 Å². The molecule has 6 heteroatoms. The Morgan fingerprint density at radius 1 is 0.946 bits per heavy atom. The average Bonchev–Trinajstić information content (AvgIpc) is 3.72. The third kappa shape index (κ3) is 5.49. The summed E-state index contributed by atoms with van der Waals surface area (Å²) in [5.41, 5.74) is 9.22. The molecule has 6 rings (SSSR count). The molecule has 182 valence electrons. The number of rotatable bonds is 7. The Balaban J connectivity index is 1.12. The molecule has 1 fully saturated rings. The third-order valence-corrected chi connectivity index (χ3v) is 7.67. The van der Waals surface area contributed by atoms with Gasteiger partial charge in [0.2, 0.25) is 0 Å². The first-order valence-electron chi connectivity index (χ1n) is 12.4. The first-order chi connectivity index (χ1) is 18.2. The average molecular weight is 503 g/mol. The lowest BCUT2D eigenvalue weighted by Gasteiger charge is -2.17. The number of nitrogens with zero attached hydrogens (tertiary/aromatic N) is 2. The maximum absolute atomic E-state index is 13.2. The van der Waals surface area contributed by atoms with E-state index in [4.69, 9.17) is 0 Å². The second-order valence-corrected chi connectivity index (χ2v) is 10.3. The summed E-state index contributed by atoms with van der Waals surface area (Å²) in [7, 11) is 0. The van der Waals surface area contributed by atoms with Crippen LogP contribution in [-0.2, 0) is 6.42 Å². The van der Waals surface area contributed by atoms with Gasteiger partial charge in [0.05, 0.1) is 22.7 Å². The van der Waals surface area contributed by atoms with Gasteiger partial charge in [0.1, 0.15) is 0 Å². The van der Waals surface area contributed by atoms with Crippen LogP contribution in [0.5, 0.6) is 0 Å². The normalized spacial score (nSPS) is 18.0. The molecule has 0 radical (unpaired) electrons. The van der Waals surface area contributed by atoms with Gasteiger partial charge in [0.25, 0.3) is 5.91 Å². The molecule has 1 aliphatic carbocycles. The van der Waals surface area contributed by atoms with Crippen LogP contribution in [0.4, 0.5) is 5.69 Å². The van der Waals surface area contributed by atoms with E-state index in [0.29, 0.717) is 11.5 Å². The zero-order chi connectivity index (χ0) is 25.0. The minimum absolute atomic E-state index is 0.0171. The minimum Gasteiger partial charge on any atom is -0.349 e. The molecule has 1 aliphatic heterocycles. The lowest BCUT2D eigenvalue weighted by Crippen LogP contribution is -2.27. The molecule has 2 atom stereocenters. The van der Waals surface area contributed by atoms with Gasteiger partial charge >= 0.3 is 0 Å². The molecule has 0 saturated heterocycles. The van der Waals surface area contributed by atoms with Gasteiger partial charge < -0.3 is 5.32 Å². The van der Waals surface area contributed by atoms with Crippen molar-refractivity contribution in [2.75, 3.05) is 5.43 Å². The molecule has 2 unspecified atom stereocenters. The van der Waals surface area contributed by atoms with Crippen molar-refractivity contribution in [2.24, 2.45) is 5.10 Å². The van der Waals surface area contributed by atoms with Crippen molar-refractivity contribution in [1.82, 2.24) is 10.3 Å². The maximum Gasteiger partial charge on any atom is 0.252 e. The van der Waals surface area contributed by atoms with Crippen LogP contribution >= 0.6 is 11.8 Å². The Labute approximate surface area is 220 Å². The number of carbonyl (C=O) groups is 1. The van der Waals surface area contributed by atoms with Gasteiger partial charge in [0.15, 0.2) is 0 Å². The SMILES string of the molecule is O=C(NC1CC1c1ccccc1)c1ccccc1Sc1ccc2c(c1)NN=C(/C=C/c1ccccn1)C2. The standard InChI is InChI=1S/C31H26N4OS/c36-31(33-29-20-27(29)21-8-2-1-3-9-21)26-11-4-5-12-30(26)37-25-16-13-22-18-24(34-35-28(22)19-25)15-14-23-10-6-7-17-32-23/h1-17,19,27,29,35H,18,20H2,(H,33,36)/b15-14+. The van der Waals surface area contributed by atoms with Gasteiger partial charge in [-0.2, -0.15) is 5.10 Å². The number of carbonyl (C=O) groups excluding carboxylic acids is 1. The van der Waals surface area contributed by atoms with Crippen LogP contribution < -0.4 is 10.7 Å². The zero-order valence-electron chi connectivity index (χ0n) is 20.2. The molecule has 2 aliphatic rings. The van der Waals surface area contributed by atoms with Crippen LogP contribution in [0.1, 0.15) is 39.5 Å². The number of nitrogens with one attached hydrogen (secondary N) is 2. The van der Waals surface area contributed by atoms with Gasteiger partial charge in [-0.25, -0.2) is 0 Å². The van der Waals surface area contributed by atoms with E-state index in [0.717, 1.165) is 39.7 Å². The maximum atomic E-state index is 13.2. The number of aromatic nitrogens is 1. The fourth-order valence-corrected chi connectivity index (χ4v) is 5.52. The monoisotopic (exact) mass is 502 g/mol. The number of hydrazone groups is 1. The molecule has 2 heterocycles. The first kappa shape index (κ1) is 23.3. The molecule has 0 bridgehead atoms. The minimum atomic E-state index is -0.0171. The zero-order valence-corrected chi connectivity index (χ0v) is 21.0. The van der Waals surface area contributed by atoms with Crippen molar-refractivity contribution in [2.45, 2.75) is 34.6 Å². The van der Waals surface area contributed by atoms with Gasteiger partial charge in [-0.3, -0.25) is 15.2 Å². The van der Waals surface area contributed by atoms with Crippen molar-refractivity contribution < 1.29 is 4.79 Å². The molecule has 2 N–H and O–H groups in total. The van der Waals surface area contributed by atoms with E-state index < -0.39 is 0 Å². The van der Waals surface area contributed by atoms with E-state index in [1.165, 1.54) is 11.1 Å². The molecular weight excluding hydrogens is 476 g/mol. The molecule has 1 amide bonds. The number of pyridine rings is 1. The lowest BCUT2D eigenvalue weighted by atomic mass is 10.0. The molecule has 0 spiro atoms. The van der Waals surface area contributed by atoms with Crippen molar-refractivity contribution >= 4 is 35.1 Å². The number of fused-ring (bicyclic) bond motifs is 1. The van der Waals surface area contributed by atoms with Crippen LogP contribution in [0.25, 0.3) is 6.08 Å². The van der Waals surface area contributed by atoms with E-state index in [-0.39, 0.29) is 11.9 Å². The van der Waals surface area contributed by atoms with Crippen LogP contribution in [0.15, 0.2) is 118 Å². The van der Waals surface area contributed by atoms with Gasteiger partial charge in [-0.15, -0.1) is 0 Å². The summed E-state index contributed by atoms with van der Waals surface area (Å²) >= 11 is 1.60. The van der Waals surface area contributed by atoms with Crippen molar-refractivity contribution in [1.29, 1.82) is 0 Å². The third-order valence-electron chi connectivity index (χ3n) is 6.60. The Morgan fingerprint density at radius 3 is 2.65 bits per heavy atom. The highest BCUT2D eigenvalue weighted by Gasteiger charge is 2.39. The largest absolute Gasteiger partial charge is 0.349 e. The Hall–Kier alpha value is -4.16. The summed E-state index contributed by atoms with van der Waals surface area (Å²) in [5.74, 6) is 0.387. The first-order valence-corrected chi connectivity index (χ1v) is 13.2. The molecule has 37 heavy (non-hydrogen) atoms. The van der Waals surface area contributed by atoms with Crippen LogP contribution in [-0.4, -0.2) is 22.6 Å². The Bertz CT molecular complexity index is 1480. The number of benzene rings is 3. The highest BCUT2D eigenvalue weighted by molar-refractivity contribution is 7.99. The van der Waals surface area contributed by atoms with Crippen molar-refractivity contribution in [3.63, 3.8) is 0 Å². The summed E-state index contributed by atoms with van der Waals surface area (Å²) in [5, 5.41) is 7.76. The number of anilines is 1. The van der Waals surface area contributed by atoms with Crippen LogP contribution in [0, 0.1) is 0 Å². The van der Waals surface area contributed by atoms with Crippen molar-refractivity contribution in [3.05, 3.63) is 126 Å². The Morgan fingerprint density at radius 2 is 1.78 bits per heavy atom. The number of allylic oxidation sites excluding steroid dienone is 1. The van der Waals surface area contributed by atoms with Crippen LogP contribution in [0.2, 0.25) is 0 Å². The molecule has 5 nitrogen and oxygen atoms in total. The number of hydrogen-bond acceptors (Lipinski definition) is 5. The topological polar surface area (TPSA) is 66.4 Å². The highest BCUT2D eigenvalue weighted by atomic mass is 32.2. The second kappa shape index (κ2) is 10.4. The fraction of sp³-hybridized carbons (Fsp3) is 0.129. The van der Waals surface area contributed by atoms with E-state index in [1.807, 2.05) is 60.7 Å². The Kier molecular flexibility index (Phi) is 6.57. The van der Waals surface area contributed by atoms with Crippen molar-refractivity contribution in [3.8, 4) is 0 Å². The molecule has 1 saturated carbocycles. The number of amides is 1. The predicted molar refractivity (Wildman–Crippen MR) is 150 cm³/mol. The fourth-order valence-electron chi connectivity index (χ4n) is 4.54. The molecule has 3 aromatic carbocycles. The summed E-state index contributed by atoms with van der Waals surface area (Å²) in [6.07, 6.45) is 7.49. The van der Waals surface area contributed by atoms with Crippen LogP contribution in [0.3, 0.4) is 0 Å².